The molecule has 1 aromatic rings. The molecule has 28 heavy (non-hydrogen) atoms. The molecule has 0 atom stereocenters. The molecular formula is C21H34N4O3. The fraction of sp³-hybridized carbons (Fsp3) is 0.762. The number of carbonyl (C=O) groups is 2. The monoisotopic (exact) mass is 390 g/mol. The summed E-state index contributed by atoms with van der Waals surface area (Å²) in [6.07, 6.45) is 6.26. The van der Waals surface area contributed by atoms with Crippen LogP contribution in [0.25, 0.3) is 0 Å². The molecule has 0 aromatic carbocycles. The first-order valence-corrected chi connectivity index (χ1v) is 10.5. The molecule has 3 rings (SSSR count). The minimum absolute atomic E-state index is 0.158. The maximum Gasteiger partial charge on any atom is 0.323 e. The normalized spacial score (nSPS) is 20.6. The highest BCUT2D eigenvalue weighted by Crippen LogP contribution is 2.37. The van der Waals surface area contributed by atoms with Crippen molar-refractivity contribution >= 4 is 17.8 Å². The lowest BCUT2D eigenvalue weighted by Crippen LogP contribution is -2.45. The van der Waals surface area contributed by atoms with Crippen LogP contribution in [0.3, 0.4) is 0 Å². The number of hydrogen-bond donors (Lipinski definition) is 1. The first-order chi connectivity index (χ1) is 13.2. The van der Waals surface area contributed by atoms with Gasteiger partial charge in [0.15, 0.2) is 5.82 Å². The molecule has 1 N–H and O–H groups in total. The molecule has 7 heteroatoms. The van der Waals surface area contributed by atoms with Gasteiger partial charge < -0.3 is 14.3 Å². The molecule has 0 unspecified atom stereocenters. The van der Waals surface area contributed by atoms with Gasteiger partial charge in [0.05, 0.1) is 0 Å². The van der Waals surface area contributed by atoms with E-state index < -0.39 is 0 Å². The number of aromatic nitrogens is 1. The Hall–Kier alpha value is -2.05. The van der Waals surface area contributed by atoms with E-state index in [1.165, 1.54) is 6.42 Å². The molecule has 0 bridgehead atoms. The quantitative estimate of drug-likeness (QED) is 0.827. The average Bonchev–Trinajstić information content (AvgIpc) is 2.98. The first kappa shape index (κ1) is 20.7. The number of amides is 3. The second-order valence-corrected chi connectivity index (χ2v) is 9.51. The van der Waals surface area contributed by atoms with Crippen molar-refractivity contribution in [2.24, 2.45) is 5.41 Å². The van der Waals surface area contributed by atoms with E-state index in [1.807, 2.05) is 25.7 Å². The third-order valence-electron chi connectivity index (χ3n) is 6.03. The van der Waals surface area contributed by atoms with Crippen LogP contribution in [-0.4, -0.2) is 53.1 Å². The summed E-state index contributed by atoms with van der Waals surface area (Å²) in [5.41, 5.74) is -0.381. The Kier molecular flexibility index (Phi) is 6.01. The van der Waals surface area contributed by atoms with Gasteiger partial charge in [0, 0.05) is 43.1 Å². The molecule has 7 nitrogen and oxygen atoms in total. The fourth-order valence-corrected chi connectivity index (χ4v) is 4.13. The highest BCUT2D eigenvalue weighted by atomic mass is 16.5. The predicted molar refractivity (Wildman–Crippen MR) is 108 cm³/mol. The molecule has 156 valence electrons. The Labute approximate surface area is 167 Å². The maximum absolute atomic E-state index is 13.1. The van der Waals surface area contributed by atoms with Crippen LogP contribution in [0.1, 0.15) is 72.0 Å². The zero-order chi connectivity index (χ0) is 20.4. The zero-order valence-electron chi connectivity index (χ0n) is 17.7. The van der Waals surface area contributed by atoms with Gasteiger partial charge in [0.25, 0.3) is 0 Å². The number of rotatable bonds is 2. The minimum atomic E-state index is -0.222. The first-order valence-electron chi connectivity index (χ1n) is 10.5. The second kappa shape index (κ2) is 8.13. The molecular weight excluding hydrogens is 356 g/mol. The summed E-state index contributed by atoms with van der Waals surface area (Å²) < 4.78 is 5.33. The van der Waals surface area contributed by atoms with Crippen molar-refractivity contribution < 1.29 is 14.1 Å². The highest BCUT2D eigenvalue weighted by molar-refractivity contribution is 5.88. The molecule has 1 saturated carbocycles. The Morgan fingerprint density at radius 3 is 2.32 bits per heavy atom. The lowest BCUT2D eigenvalue weighted by Gasteiger charge is -2.36. The Morgan fingerprint density at radius 2 is 1.68 bits per heavy atom. The lowest BCUT2D eigenvalue weighted by molar-refractivity contribution is -0.143. The van der Waals surface area contributed by atoms with E-state index in [0.717, 1.165) is 44.4 Å². The fourth-order valence-electron chi connectivity index (χ4n) is 4.13. The Balaban J connectivity index is 1.56. The smallest absolute Gasteiger partial charge is 0.323 e. The number of urea groups is 1. The van der Waals surface area contributed by atoms with E-state index in [0.29, 0.717) is 25.5 Å². The molecule has 1 aromatic heterocycles. The van der Waals surface area contributed by atoms with Crippen LogP contribution in [0, 0.1) is 5.41 Å². The largest absolute Gasteiger partial charge is 0.359 e. The van der Waals surface area contributed by atoms with E-state index in [9.17, 15) is 9.59 Å². The molecule has 2 heterocycles. The maximum atomic E-state index is 13.1. The summed E-state index contributed by atoms with van der Waals surface area (Å²) in [4.78, 5) is 29.5. The van der Waals surface area contributed by atoms with Crippen LogP contribution in [-0.2, 0) is 10.2 Å². The Bertz CT molecular complexity index is 701. The van der Waals surface area contributed by atoms with E-state index in [1.54, 1.807) is 11.0 Å². The summed E-state index contributed by atoms with van der Waals surface area (Å²) in [6, 6.07) is 1.59. The number of anilines is 1. The summed E-state index contributed by atoms with van der Waals surface area (Å²) in [6.45, 7) is 10.7. The topological polar surface area (TPSA) is 78.7 Å². The molecule has 1 aliphatic heterocycles. The third-order valence-corrected chi connectivity index (χ3v) is 6.03. The SMILES string of the molecule is CC1(C(=O)N2CCCN(C(=O)Nc3cc(C(C)(C)C)on3)CC2)CCCCC1. The van der Waals surface area contributed by atoms with Crippen molar-refractivity contribution in [3.8, 4) is 0 Å². The van der Waals surface area contributed by atoms with Crippen molar-refractivity contribution in [2.75, 3.05) is 31.5 Å². The summed E-state index contributed by atoms with van der Waals surface area (Å²) in [7, 11) is 0. The van der Waals surface area contributed by atoms with Gasteiger partial charge >= 0.3 is 6.03 Å². The third kappa shape index (κ3) is 4.67. The van der Waals surface area contributed by atoms with Crippen LogP contribution >= 0.6 is 0 Å². The van der Waals surface area contributed by atoms with Gasteiger partial charge in [-0.3, -0.25) is 10.1 Å². The van der Waals surface area contributed by atoms with Gasteiger partial charge in [-0.1, -0.05) is 52.1 Å². The molecule has 2 fully saturated rings. The van der Waals surface area contributed by atoms with Crippen molar-refractivity contribution in [3.63, 3.8) is 0 Å². The van der Waals surface area contributed by atoms with Gasteiger partial charge in [0.2, 0.25) is 5.91 Å². The highest BCUT2D eigenvalue weighted by Gasteiger charge is 2.38. The molecule has 0 radical (unpaired) electrons. The van der Waals surface area contributed by atoms with Gasteiger partial charge in [-0.15, -0.1) is 0 Å². The minimum Gasteiger partial charge on any atom is -0.359 e. The van der Waals surface area contributed by atoms with Gasteiger partial charge in [0.1, 0.15) is 5.76 Å². The van der Waals surface area contributed by atoms with Crippen molar-refractivity contribution in [1.29, 1.82) is 0 Å². The van der Waals surface area contributed by atoms with E-state index in [4.69, 9.17) is 4.52 Å². The number of nitrogens with zero attached hydrogens (tertiary/aromatic N) is 3. The van der Waals surface area contributed by atoms with Crippen LogP contribution in [0.2, 0.25) is 0 Å². The molecule has 1 saturated heterocycles. The Morgan fingerprint density at radius 1 is 1.04 bits per heavy atom. The van der Waals surface area contributed by atoms with Crippen LogP contribution < -0.4 is 5.32 Å². The summed E-state index contributed by atoms with van der Waals surface area (Å²) in [5, 5.41) is 6.78. The van der Waals surface area contributed by atoms with Crippen LogP contribution in [0.4, 0.5) is 10.6 Å². The zero-order valence-corrected chi connectivity index (χ0v) is 17.7. The van der Waals surface area contributed by atoms with Gasteiger partial charge in [-0.25, -0.2) is 4.79 Å². The second-order valence-electron chi connectivity index (χ2n) is 9.51. The summed E-state index contributed by atoms with van der Waals surface area (Å²) >= 11 is 0. The van der Waals surface area contributed by atoms with E-state index in [-0.39, 0.29) is 22.8 Å². The number of carbonyl (C=O) groups excluding carboxylic acids is 2. The number of hydrogen-bond acceptors (Lipinski definition) is 4. The van der Waals surface area contributed by atoms with E-state index in [2.05, 4.69) is 17.4 Å². The van der Waals surface area contributed by atoms with Crippen molar-refractivity contribution in [1.82, 2.24) is 15.0 Å². The molecule has 1 aliphatic carbocycles. The van der Waals surface area contributed by atoms with Crippen LogP contribution in [0.5, 0.6) is 0 Å². The predicted octanol–water partition coefficient (Wildman–Crippen LogP) is 4.01. The molecule has 3 amide bonds. The van der Waals surface area contributed by atoms with Gasteiger partial charge in [-0.05, 0) is 19.3 Å². The molecule has 2 aliphatic rings. The van der Waals surface area contributed by atoms with Crippen molar-refractivity contribution in [3.05, 3.63) is 11.8 Å². The summed E-state index contributed by atoms with van der Waals surface area (Å²) in [5.74, 6) is 1.43. The van der Waals surface area contributed by atoms with Crippen LogP contribution in [0.15, 0.2) is 10.6 Å². The van der Waals surface area contributed by atoms with E-state index >= 15 is 0 Å². The molecule has 0 spiro atoms. The number of nitrogens with one attached hydrogen (secondary N) is 1. The average molecular weight is 391 g/mol. The van der Waals surface area contributed by atoms with Crippen molar-refractivity contribution in [2.45, 2.75) is 71.6 Å². The standard InChI is InChI=1S/C21H34N4O3/c1-20(2,3)16-15-17(23-28-16)22-19(27)25-12-8-11-24(13-14-25)18(26)21(4)9-6-5-7-10-21/h15H,5-14H2,1-4H3,(H,22,23,27). The lowest BCUT2D eigenvalue weighted by atomic mass is 9.74. The van der Waals surface area contributed by atoms with Gasteiger partial charge in [-0.2, -0.15) is 0 Å².